The average molecular weight is 431 g/mol. The number of aromatic nitrogens is 2. The van der Waals surface area contributed by atoms with Gasteiger partial charge in [-0.1, -0.05) is 17.7 Å². The minimum absolute atomic E-state index is 0.532. The molecule has 2 aromatic carbocycles. The molecule has 0 bridgehead atoms. The van der Waals surface area contributed by atoms with Gasteiger partial charge in [0.25, 0.3) is 0 Å². The lowest BCUT2D eigenvalue weighted by Gasteiger charge is -2.11. The standard InChI is InChI=1S/C16H13Cl2IN2/c1-10-2-4-12(18)15(8-10)21-14-5-3-11(19)9-13(14)20-16(21)6-7-17/h2-5,8-9H,6-7H2,1H3. The SMILES string of the molecule is Cc1ccc(Cl)c(-n2c(CCCl)nc3cc(I)ccc32)c1. The molecule has 0 atom stereocenters. The Labute approximate surface area is 147 Å². The fourth-order valence-electron chi connectivity index (χ4n) is 2.42. The van der Waals surface area contributed by atoms with Crippen molar-refractivity contribution in [1.29, 1.82) is 0 Å². The van der Waals surface area contributed by atoms with Gasteiger partial charge in [0.1, 0.15) is 5.82 Å². The van der Waals surface area contributed by atoms with E-state index in [4.69, 9.17) is 28.2 Å². The molecular weight excluding hydrogens is 418 g/mol. The molecule has 21 heavy (non-hydrogen) atoms. The summed E-state index contributed by atoms with van der Waals surface area (Å²) >= 11 is 14.6. The molecule has 0 saturated heterocycles. The van der Waals surface area contributed by atoms with Gasteiger partial charge in [-0.25, -0.2) is 4.98 Å². The molecule has 5 heteroatoms. The largest absolute Gasteiger partial charge is 0.295 e. The molecule has 0 unspecified atom stereocenters. The molecule has 0 spiro atoms. The summed E-state index contributed by atoms with van der Waals surface area (Å²) < 4.78 is 3.28. The van der Waals surface area contributed by atoms with Crippen molar-refractivity contribution in [3.8, 4) is 5.69 Å². The summed E-state index contributed by atoms with van der Waals surface area (Å²) in [5.74, 6) is 1.47. The zero-order chi connectivity index (χ0) is 15.0. The second-order valence-electron chi connectivity index (χ2n) is 4.89. The van der Waals surface area contributed by atoms with Crippen LogP contribution in [0.1, 0.15) is 11.4 Å². The van der Waals surface area contributed by atoms with Gasteiger partial charge in [-0.15, -0.1) is 11.6 Å². The Bertz CT molecular complexity index is 811. The molecule has 0 N–H and O–H groups in total. The van der Waals surface area contributed by atoms with Gasteiger partial charge < -0.3 is 0 Å². The number of rotatable bonds is 3. The Morgan fingerprint density at radius 3 is 2.76 bits per heavy atom. The topological polar surface area (TPSA) is 17.8 Å². The lowest BCUT2D eigenvalue weighted by molar-refractivity contribution is 0.911. The Morgan fingerprint density at radius 1 is 1.19 bits per heavy atom. The van der Waals surface area contributed by atoms with E-state index < -0.39 is 0 Å². The average Bonchev–Trinajstić information content (AvgIpc) is 2.79. The molecule has 2 nitrogen and oxygen atoms in total. The number of benzene rings is 2. The van der Waals surface area contributed by atoms with Crippen LogP contribution in [0.4, 0.5) is 0 Å². The smallest absolute Gasteiger partial charge is 0.115 e. The number of alkyl halides is 1. The van der Waals surface area contributed by atoms with E-state index in [1.165, 1.54) is 5.56 Å². The molecule has 0 aliphatic carbocycles. The molecule has 0 aliphatic heterocycles. The van der Waals surface area contributed by atoms with Crippen molar-refractivity contribution in [3.05, 3.63) is 56.4 Å². The monoisotopic (exact) mass is 430 g/mol. The first kappa shape index (κ1) is 15.1. The lowest BCUT2D eigenvalue weighted by atomic mass is 10.2. The van der Waals surface area contributed by atoms with Gasteiger partial charge in [-0.2, -0.15) is 0 Å². The van der Waals surface area contributed by atoms with Gasteiger partial charge in [-0.3, -0.25) is 4.57 Å². The minimum atomic E-state index is 0.532. The van der Waals surface area contributed by atoms with Crippen molar-refractivity contribution in [2.45, 2.75) is 13.3 Å². The number of hydrogen-bond donors (Lipinski definition) is 0. The van der Waals surface area contributed by atoms with Gasteiger partial charge in [0.2, 0.25) is 0 Å². The first-order valence-electron chi connectivity index (χ1n) is 6.59. The normalized spacial score (nSPS) is 11.2. The maximum atomic E-state index is 6.41. The van der Waals surface area contributed by atoms with Crippen LogP contribution >= 0.6 is 45.8 Å². The predicted octanol–water partition coefficient (Wildman–Crippen LogP) is 5.37. The van der Waals surface area contributed by atoms with E-state index in [0.717, 1.165) is 26.1 Å². The number of fused-ring (bicyclic) bond motifs is 1. The minimum Gasteiger partial charge on any atom is -0.295 e. The summed E-state index contributed by atoms with van der Waals surface area (Å²) in [5, 5.41) is 0.717. The molecule has 0 fully saturated rings. The maximum Gasteiger partial charge on any atom is 0.115 e. The van der Waals surface area contributed by atoms with Crippen molar-refractivity contribution in [3.63, 3.8) is 0 Å². The Kier molecular flexibility index (Phi) is 4.43. The van der Waals surface area contributed by atoms with Gasteiger partial charge in [-0.05, 0) is 65.4 Å². The number of hydrogen-bond acceptors (Lipinski definition) is 1. The third-order valence-electron chi connectivity index (χ3n) is 3.35. The Balaban J connectivity index is 2.33. The first-order chi connectivity index (χ1) is 10.1. The van der Waals surface area contributed by atoms with Gasteiger partial charge in [0.15, 0.2) is 0 Å². The van der Waals surface area contributed by atoms with Crippen molar-refractivity contribution in [1.82, 2.24) is 9.55 Å². The molecule has 3 rings (SSSR count). The molecule has 3 aromatic rings. The summed E-state index contributed by atoms with van der Waals surface area (Å²) in [6.45, 7) is 2.06. The highest BCUT2D eigenvalue weighted by Gasteiger charge is 2.14. The fourth-order valence-corrected chi connectivity index (χ4v) is 3.26. The molecule has 0 saturated carbocycles. The number of nitrogens with zero attached hydrogens (tertiary/aromatic N) is 2. The van der Waals surface area contributed by atoms with Crippen LogP contribution in [0.3, 0.4) is 0 Å². The number of imidazole rings is 1. The van der Waals surface area contributed by atoms with E-state index in [1.807, 2.05) is 12.1 Å². The van der Waals surface area contributed by atoms with Crippen molar-refractivity contribution in [2.75, 3.05) is 5.88 Å². The second-order valence-corrected chi connectivity index (χ2v) is 6.92. The van der Waals surface area contributed by atoms with Crippen LogP contribution in [-0.4, -0.2) is 15.4 Å². The molecular formula is C16H13Cl2IN2. The summed E-state index contributed by atoms with van der Waals surface area (Å²) in [7, 11) is 0. The van der Waals surface area contributed by atoms with Crippen molar-refractivity contribution >= 4 is 56.8 Å². The maximum absolute atomic E-state index is 6.41. The Morgan fingerprint density at radius 2 is 2.00 bits per heavy atom. The van der Waals surface area contributed by atoms with E-state index >= 15 is 0 Å². The third-order valence-corrected chi connectivity index (χ3v) is 4.53. The van der Waals surface area contributed by atoms with Crippen LogP contribution in [0.2, 0.25) is 5.02 Å². The predicted molar refractivity (Wildman–Crippen MR) is 98.0 cm³/mol. The fraction of sp³-hybridized carbons (Fsp3) is 0.188. The first-order valence-corrected chi connectivity index (χ1v) is 8.58. The summed E-state index contributed by atoms with van der Waals surface area (Å²) in [6.07, 6.45) is 0.705. The highest BCUT2D eigenvalue weighted by molar-refractivity contribution is 14.1. The molecule has 0 radical (unpaired) electrons. The molecule has 1 aromatic heterocycles. The molecule has 0 amide bonds. The molecule has 1 heterocycles. The summed E-state index contributed by atoms with van der Waals surface area (Å²) in [6, 6.07) is 12.3. The molecule has 108 valence electrons. The second kappa shape index (κ2) is 6.15. The van der Waals surface area contributed by atoms with E-state index in [1.54, 1.807) is 0 Å². The van der Waals surface area contributed by atoms with Crippen LogP contribution in [-0.2, 0) is 6.42 Å². The molecule has 0 aliphatic rings. The van der Waals surface area contributed by atoms with E-state index in [0.29, 0.717) is 17.3 Å². The quantitative estimate of drug-likeness (QED) is 0.403. The van der Waals surface area contributed by atoms with Crippen LogP contribution < -0.4 is 0 Å². The van der Waals surface area contributed by atoms with Crippen LogP contribution in [0, 0.1) is 10.5 Å². The number of aryl methyl sites for hydroxylation is 2. The van der Waals surface area contributed by atoms with Crippen LogP contribution in [0.25, 0.3) is 16.7 Å². The highest BCUT2D eigenvalue weighted by atomic mass is 127. The summed E-state index contributed by atoms with van der Waals surface area (Å²) in [5.41, 5.74) is 4.15. The van der Waals surface area contributed by atoms with Crippen molar-refractivity contribution < 1.29 is 0 Å². The van der Waals surface area contributed by atoms with E-state index in [-0.39, 0.29) is 0 Å². The van der Waals surface area contributed by atoms with Crippen molar-refractivity contribution in [2.24, 2.45) is 0 Å². The van der Waals surface area contributed by atoms with Crippen LogP contribution in [0.15, 0.2) is 36.4 Å². The summed E-state index contributed by atoms with van der Waals surface area (Å²) in [4.78, 5) is 4.73. The van der Waals surface area contributed by atoms with Gasteiger partial charge >= 0.3 is 0 Å². The van der Waals surface area contributed by atoms with Gasteiger partial charge in [0, 0.05) is 15.9 Å². The van der Waals surface area contributed by atoms with Gasteiger partial charge in [0.05, 0.1) is 21.7 Å². The van der Waals surface area contributed by atoms with E-state index in [9.17, 15) is 0 Å². The van der Waals surface area contributed by atoms with E-state index in [2.05, 4.69) is 58.3 Å². The zero-order valence-electron chi connectivity index (χ0n) is 11.4. The Hall–Kier alpha value is -0.780. The lowest BCUT2D eigenvalue weighted by Crippen LogP contribution is -2.03. The zero-order valence-corrected chi connectivity index (χ0v) is 15.1. The number of halogens is 3. The van der Waals surface area contributed by atoms with Crippen LogP contribution in [0.5, 0.6) is 0 Å². The third kappa shape index (κ3) is 2.91. The highest BCUT2D eigenvalue weighted by Crippen LogP contribution is 2.29.